The van der Waals surface area contributed by atoms with Crippen molar-refractivity contribution in [2.75, 3.05) is 13.1 Å². The van der Waals surface area contributed by atoms with Crippen molar-refractivity contribution < 1.29 is 4.79 Å². The highest BCUT2D eigenvalue weighted by Gasteiger charge is 2.33. The number of nitrogens with one attached hydrogen (secondary N) is 1. The number of likely N-dealkylation sites (tertiary alicyclic amines) is 1. The van der Waals surface area contributed by atoms with Crippen LogP contribution in [0.5, 0.6) is 0 Å². The predicted molar refractivity (Wildman–Crippen MR) is 88.9 cm³/mol. The summed E-state index contributed by atoms with van der Waals surface area (Å²) in [5.41, 5.74) is 3.69. The maximum absolute atomic E-state index is 12.8. The Morgan fingerprint density at radius 2 is 2.13 bits per heavy atom. The summed E-state index contributed by atoms with van der Waals surface area (Å²) in [4.78, 5) is 22.4. The van der Waals surface area contributed by atoms with Crippen LogP contribution in [-0.2, 0) is 24.1 Å². The van der Waals surface area contributed by atoms with Crippen molar-refractivity contribution in [1.29, 1.82) is 0 Å². The van der Waals surface area contributed by atoms with E-state index in [2.05, 4.69) is 45.2 Å². The Kier molecular flexibility index (Phi) is 3.90. The number of amides is 1. The molecule has 1 aromatic heterocycles. The van der Waals surface area contributed by atoms with Crippen molar-refractivity contribution in [3.8, 4) is 0 Å². The first kappa shape index (κ1) is 14.5. The zero-order valence-corrected chi connectivity index (χ0v) is 13.4. The maximum Gasteiger partial charge on any atom is 0.226 e. The Balaban J connectivity index is 1.35. The minimum absolute atomic E-state index is 0.137. The topological polar surface area (TPSA) is 49.0 Å². The van der Waals surface area contributed by atoms with Gasteiger partial charge in [0.05, 0.1) is 12.0 Å². The second-order valence-corrected chi connectivity index (χ2v) is 6.90. The molecule has 4 nitrogen and oxygen atoms in total. The molecule has 4 rings (SSSR count). The average molecular weight is 309 g/mol. The minimum atomic E-state index is 0.137. The van der Waals surface area contributed by atoms with Gasteiger partial charge in [-0.15, -0.1) is 0 Å². The van der Waals surface area contributed by atoms with Crippen LogP contribution >= 0.6 is 0 Å². The number of benzene rings is 1. The number of hydrogen-bond acceptors (Lipinski definition) is 2. The van der Waals surface area contributed by atoms with Crippen LogP contribution in [-0.4, -0.2) is 33.9 Å². The monoisotopic (exact) mass is 309 g/mol. The predicted octanol–water partition coefficient (Wildman–Crippen LogP) is 2.61. The highest BCUT2D eigenvalue weighted by Crippen LogP contribution is 2.28. The molecule has 1 saturated heterocycles. The largest absolute Gasteiger partial charge is 0.348 e. The molecule has 0 bridgehead atoms. The number of aromatic amines is 1. The molecular weight excluding hydrogens is 286 g/mol. The molecule has 1 aromatic carbocycles. The van der Waals surface area contributed by atoms with E-state index in [1.807, 2.05) is 0 Å². The Hall–Kier alpha value is -2.10. The van der Waals surface area contributed by atoms with Gasteiger partial charge in [-0.05, 0) is 37.2 Å². The molecule has 2 aromatic rings. The molecule has 0 radical (unpaired) electrons. The highest BCUT2D eigenvalue weighted by atomic mass is 16.2. The van der Waals surface area contributed by atoms with E-state index in [9.17, 15) is 4.79 Å². The third-order valence-electron chi connectivity index (χ3n) is 5.30. The number of H-pyrrole nitrogens is 1. The Morgan fingerprint density at radius 1 is 1.26 bits per heavy atom. The van der Waals surface area contributed by atoms with E-state index in [0.29, 0.717) is 11.8 Å². The second kappa shape index (κ2) is 6.19. The summed E-state index contributed by atoms with van der Waals surface area (Å²) in [7, 11) is 0. The lowest BCUT2D eigenvalue weighted by atomic mass is 9.89. The van der Waals surface area contributed by atoms with Crippen LogP contribution in [0.3, 0.4) is 0 Å². The second-order valence-electron chi connectivity index (χ2n) is 6.90. The third kappa shape index (κ3) is 3.03. The van der Waals surface area contributed by atoms with Crippen molar-refractivity contribution in [3.63, 3.8) is 0 Å². The van der Waals surface area contributed by atoms with E-state index in [1.165, 1.54) is 5.56 Å². The molecule has 120 valence electrons. The molecule has 2 heterocycles. The third-order valence-corrected chi connectivity index (χ3v) is 5.30. The summed E-state index contributed by atoms with van der Waals surface area (Å²) < 4.78 is 0. The number of nitrogens with zero attached hydrogens (tertiary/aromatic N) is 2. The van der Waals surface area contributed by atoms with E-state index < -0.39 is 0 Å². The summed E-state index contributed by atoms with van der Waals surface area (Å²) in [6, 6.07) is 10.6. The van der Waals surface area contributed by atoms with Gasteiger partial charge in [-0.3, -0.25) is 4.79 Å². The van der Waals surface area contributed by atoms with Gasteiger partial charge in [-0.2, -0.15) is 0 Å². The van der Waals surface area contributed by atoms with Gasteiger partial charge in [0, 0.05) is 31.1 Å². The molecule has 1 aliphatic carbocycles. The molecule has 2 aliphatic rings. The summed E-state index contributed by atoms with van der Waals surface area (Å²) >= 11 is 0. The quantitative estimate of drug-likeness (QED) is 0.947. The first-order chi connectivity index (χ1) is 11.3. The fourth-order valence-electron chi connectivity index (χ4n) is 4.02. The highest BCUT2D eigenvalue weighted by molar-refractivity contribution is 5.79. The van der Waals surface area contributed by atoms with Crippen molar-refractivity contribution in [2.45, 2.75) is 32.1 Å². The van der Waals surface area contributed by atoms with Gasteiger partial charge in [0.15, 0.2) is 0 Å². The van der Waals surface area contributed by atoms with Gasteiger partial charge in [-0.1, -0.05) is 30.3 Å². The van der Waals surface area contributed by atoms with Gasteiger partial charge in [0.1, 0.15) is 0 Å². The summed E-state index contributed by atoms with van der Waals surface area (Å²) in [6.07, 6.45) is 6.66. The minimum Gasteiger partial charge on any atom is -0.348 e. The molecule has 0 spiro atoms. The van der Waals surface area contributed by atoms with Gasteiger partial charge >= 0.3 is 0 Å². The molecule has 1 fully saturated rings. The summed E-state index contributed by atoms with van der Waals surface area (Å²) in [5.74, 6) is 1.09. The van der Waals surface area contributed by atoms with Crippen LogP contribution in [0.15, 0.2) is 36.7 Å². The van der Waals surface area contributed by atoms with E-state index in [4.69, 9.17) is 0 Å². The van der Waals surface area contributed by atoms with E-state index in [0.717, 1.165) is 56.6 Å². The van der Waals surface area contributed by atoms with Gasteiger partial charge in [-0.25, -0.2) is 4.98 Å². The molecule has 1 aliphatic heterocycles. The van der Waals surface area contributed by atoms with Crippen molar-refractivity contribution in [3.05, 3.63) is 53.6 Å². The van der Waals surface area contributed by atoms with Crippen LogP contribution in [0.4, 0.5) is 0 Å². The maximum atomic E-state index is 12.8. The Labute approximate surface area is 136 Å². The van der Waals surface area contributed by atoms with Crippen molar-refractivity contribution in [1.82, 2.24) is 14.9 Å². The van der Waals surface area contributed by atoms with Crippen LogP contribution < -0.4 is 0 Å². The number of carbonyl (C=O) groups excluding carboxylic acids is 1. The molecule has 1 amide bonds. The number of hydrogen-bond donors (Lipinski definition) is 1. The van der Waals surface area contributed by atoms with Gasteiger partial charge in [0.25, 0.3) is 0 Å². The first-order valence-electron chi connectivity index (χ1n) is 8.63. The SMILES string of the molecule is O=C([C@H]1CCc2nc[nH]c2C1)N1CC[C@H](Cc2ccccc2)C1. The molecule has 0 saturated carbocycles. The lowest BCUT2D eigenvalue weighted by Gasteiger charge is -2.26. The molecule has 23 heavy (non-hydrogen) atoms. The number of aromatic nitrogens is 2. The lowest BCUT2D eigenvalue weighted by Crippen LogP contribution is -2.37. The lowest BCUT2D eigenvalue weighted by molar-refractivity contribution is -0.135. The number of aryl methyl sites for hydroxylation is 1. The Morgan fingerprint density at radius 3 is 3.00 bits per heavy atom. The van der Waals surface area contributed by atoms with E-state index in [-0.39, 0.29) is 5.92 Å². The van der Waals surface area contributed by atoms with Crippen molar-refractivity contribution >= 4 is 5.91 Å². The number of fused-ring (bicyclic) bond motifs is 1. The summed E-state index contributed by atoms with van der Waals surface area (Å²) in [5, 5.41) is 0. The average Bonchev–Trinajstić information content (AvgIpc) is 3.23. The number of carbonyl (C=O) groups is 1. The van der Waals surface area contributed by atoms with Crippen molar-refractivity contribution in [2.24, 2.45) is 11.8 Å². The molecule has 0 unspecified atom stereocenters. The van der Waals surface area contributed by atoms with Crippen LogP contribution in [0.2, 0.25) is 0 Å². The van der Waals surface area contributed by atoms with Crippen LogP contribution in [0.1, 0.15) is 29.8 Å². The van der Waals surface area contributed by atoms with Crippen LogP contribution in [0, 0.1) is 11.8 Å². The van der Waals surface area contributed by atoms with Crippen LogP contribution in [0.25, 0.3) is 0 Å². The molecular formula is C19H23N3O. The molecule has 1 N–H and O–H groups in total. The fourth-order valence-corrected chi connectivity index (χ4v) is 4.02. The summed E-state index contributed by atoms with van der Waals surface area (Å²) in [6.45, 7) is 1.84. The number of imidazole rings is 1. The zero-order valence-electron chi connectivity index (χ0n) is 13.4. The number of rotatable bonds is 3. The van der Waals surface area contributed by atoms with Gasteiger partial charge in [0.2, 0.25) is 5.91 Å². The molecule has 2 atom stereocenters. The standard InChI is InChI=1S/C19H23N3O/c23-19(16-6-7-17-18(11-16)21-13-20-17)22-9-8-15(12-22)10-14-4-2-1-3-5-14/h1-5,13,15-16H,6-12H2,(H,20,21)/t15-,16+/m1/s1. The first-order valence-corrected chi connectivity index (χ1v) is 8.63. The normalized spacial score (nSPS) is 23.7. The van der Waals surface area contributed by atoms with E-state index in [1.54, 1.807) is 6.33 Å². The Bertz CT molecular complexity index is 679. The van der Waals surface area contributed by atoms with E-state index >= 15 is 0 Å². The zero-order chi connectivity index (χ0) is 15.6. The fraction of sp³-hybridized carbons (Fsp3) is 0.474. The smallest absolute Gasteiger partial charge is 0.226 e. The van der Waals surface area contributed by atoms with Gasteiger partial charge < -0.3 is 9.88 Å². The molecule has 4 heteroatoms.